The van der Waals surface area contributed by atoms with Crippen LogP contribution in [0.2, 0.25) is 0 Å². The lowest BCUT2D eigenvalue weighted by atomic mass is 9.78. The number of amides is 2. The van der Waals surface area contributed by atoms with Crippen molar-refractivity contribution in [2.75, 3.05) is 26.2 Å². The number of carbonyl (C=O) groups excluding carboxylic acids is 2. The van der Waals surface area contributed by atoms with E-state index < -0.39 is 0 Å². The van der Waals surface area contributed by atoms with E-state index in [1.54, 1.807) is 0 Å². The minimum atomic E-state index is 0.0862. The van der Waals surface area contributed by atoms with Crippen molar-refractivity contribution < 1.29 is 9.59 Å². The summed E-state index contributed by atoms with van der Waals surface area (Å²) in [4.78, 5) is 30.2. The fourth-order valence-corrected chi connectivity index (χ4v) is 9.01. The molecular weight excluding hydrogens is 558 g/mol. The predicted octanol–water partition coefficient (Wildman–Crippen LogP) is 7.52. The molecule has 7 heteroatoms. The van der Waals surface area contributed by atoms with Gasteiger partial charge in [-0.05, 0) is 107 Å². The Kier molecular flexibility index (Phi) is 16.3. The van der Waals surface area contributed by atoms with Crippen LogP contribution in [0.1, 0.15) is 166 Å². The molecule has 2 N–H and O–H groups in total. The lowest BCUT2D eigenvalue weighted by Gasteiger charge is -2.50. The van der Waals surface area contributed by atoms with Crippen molar-refractivity contribution in [1.29, 1.82) is 0 Å². The van der Waals surface area contributed by atoms with E-state index in [0.29, 0.717) is 18.1 Å². The molecule has 2 aliphatic heterocycles. The molecule has 0 atom stereocenters. The molecule has 0 spiro atoms. The molecule has 0 aromatic heterocycles. The first-order valence-electron chi connectivity index (χ1n) is 18.8. The highest BCUT2D eigenvalue weighted by atomic mass is 16.1. The molecule has 3 aliphatic rings. The molecule has 0 unspecified atom stereocenters. The van der Waals surface area contributed by atoms with E-state index in [2.05, 4.69) is 89.7 Å². The molecule has 1 saturated carbocycles. The highest BCUT2D eigenvalue weighted by molar-refractivity contribution is 5.49. The summed E-state index contributed by atoms with van der Waals surface area (Å²) in [7, 11) is 0. The van der Waals surface area contributed by atoms with E-state index in [1.165, 1.54) is 77.0 Å². The van der Waals surface area contributed by atoms with Crippen LogP contribution in [-0.4, -0.2) is 94.0 Å². The van der Waals surface area contributed by atoms with Gasteiger partial charge in [0.1, 0.15) is 0 Å². The summed E-state index contributed by atoms with van der Waals surface area (Å²) in [6.45, 7) is 26.3. The zero-order valence-electron chi connectivity index (χ0n) is 31.5. The number of hydrogen-bond donors (Lipinski definition) is 2. The van der Waals surface area contributed by atoms with E-state index in [9.17, 15) is 9.59 Å². The first-order valence-corrected chi connectivity index (χ1v) is 18.8. The van der Waals surface area contributed by atoms with Crippen molar-refractivity contribution in [3.05, 3.63) is 0 Å². The van der Waals surface area contributed by atoms with Crippen LogP contribution in [0.4, 0.5) is 0 Å². The van der Waals surface area contributed by atoms with Gasteiger partial charge in [-0.15, -0.1) is 0 Å². The average molecular weight is 634 g/mol. The third-order valence-electron chi connectivity index (χ3n) is 10.6. The summed E-state index contributed by atoms with van der Waals surface area (Å²) in [5.41, 5.74) is 0.365. The normalized spacial score (nSPS) is 24.8. The van der Waals surface area contributed by atoms with Crippen LogP contribution in [0, 0.1) is 0 Å². The first-order chi connectivity index (χ1) is 21.1. The minimum absolute atomic E-state index is 0.0862. The molecule has 264 valence electrons. The Morgan fingerprint density at radius 2 is 0.911 bits per heavy atom. The van der Waals surface area contributed by atoms with Crippen molar-refractivity contribution in [1.82, 2.24) is 25.3 Å². The van der Waals surface area contributed by atoms with Gasteiger partial charge in [0.25, 0.3) is 0 Å². The highest BCUT2D eigenvalue weighted by Crippen LogP contribution is 2.34. The molecule has 3 fully saturated rings. The van der Waals surface area contributed by atoms with E-state index in [1.807, 2.05) is 4.90 Å². The Bertz CT molecular complexity index is 809. The molecule has 0 bridgehead atoms. The Morgan fingerprint density at radius 3 is 1.27 bits per heavy atom. The Labute approximate surface area is 279 Å². The largest absolute Gasteiger partial charge is 0.341 e. The fraction of sp³-hybridized carbons (Fsp3) is 0.947. The van der Waals surface area contributed by atoms with Gasteiger partial charge in [-0.1, -0.05) is 71.6 Å². The number of hydrogen-bond acceptors (Lipinski definition) is 5. The maximum absolute atomic E-state index is 12.1. The van der Waals surface area contributed by atoms with Crippen molar-refractivity contribution in [2.45, 2.75) is 206 Å². The van der Waals surface area contributed by atoms with Gasteiger partial charge >= 0.3 is 0 Å². The van der Waals surface area contributed by atoms with E-state index >= 15 is 0 Å². The van der Waals surface area contributed by atoms with Crippen molar-refractivity contribution >= 4 is 12.8 Å². The van der Waals surface area contributed by atoms with Gasteiger partial charge in [0, 0.05) is 53.4 Å². The number of rotatable bonds is 10. The van der Waals surface area contributed by atoms with Crippen LogP contribution in [-0.2, 0) is 9.59 Å². The maximum Gasteiger partial charge on any atom is 0.210 e. The summed E-state index contributed by atoms with van der Waals surface area (Å²) in [5, 5.41) is 7.43. The molecule has 2 amide bonds. The number of likely N-dealkylation sites (N-methyl/N-ethyl adjacent to an activating group) is 1. The fourth-order valence-electron chi connectivity index (χ4n) is 9.01. The zero-order valence-corrected chi connectivity index (χ0v) is 31.5. The van der Waals surface area contributed by atoms with Crippen LogP contribution in [0.25, 0.3) is 0 Å². The van der Waals surface area contributed by atoms with Gasteiger partial charge in [-0.2, -0.15) is 0 Å². The molecule has 3 rings (SSSR count). The van der Waals surface area contributed by atoms with Crippen LogP contribution >= 0.6 is 0 Å². The minimum Gasteiger partial charge on any atom is -0.341 e. The van der Waals surface area contributed by atoms with Gasteiger partial charge in [-0.3, -0.25) is 9.59 Å². The van der Waals surface area contributed by atoms with Crippen LogP contribution in [0.15, 0.2) is 0 Å². The standard InChI is InChI=1S/C22H42N2O.C16H33N3O/c1-21(2)16-20(17-22(3,4)23-21)24(18-25)19-14-12-10-8-6-5-7-9-11-13-15-19;1-7-18(8-2)9-10-19(13-20)14-11-15(3,4)17-16(5,6)12-14/h18-20,23H,5-17H2,1-4H3;13-14,17H,7-12H2,1-6H3. The summed E-state index contributed by atoms with van der Waals surface area (Å²) >= 11 is 0. The monoisotopic (exact) mass is 634 g/mol. The molecule has 2 heterocycles. The Balaban J connectivity index is 0.000000322. The van der Waals surface area contributed by atoms with Crippen molar-refractivity contribution in [2.24, 2.45) is 0 Å². The van der Waals surface area contributed by atoms with Gasteiger partial charge in [0.15, 0.2) is 0 Å². The molecule has 1 aliphatic carbocycles. The Hall–Kier alpha value is -1.18. The van der Waals surface area contributed by atoms with E-state index in [0.717, 1.165) is 58.3 Å². The summed E-state index contributed by atoms with van der Waals surface area (Å²) in [5.74, 6) is 0. The molecule has 0 aromatic rings. The number of piperidine rings is 2. The second-order valence-electron chi connectivity index (χ2n) is 17.2. The summed E-state index contributed by atoms with van der Waals surface area (Å²) in [6, 6.07) is 1.17. The second-order valence-corrected chi connectivity index (χ2v) is 17.2. The van der Waals surface area contributed by atoms with Crippen LogP contribution in [0.3, 0.4) is 0 Å². The van der Waals surface area contributed by atoms with E-state index in [-0.39, 0.29) is 22.2 Å². The van der Waals surface area contributed by atoms with Gasteiger partial charge in [0.2, 0.25) is 12.8 Å². The van der Waals surface area contributed by atoms with E-state index in [4.69, 9.17) is 0 Å². The van der Waals surface area contributed by atoms with Crippen molar-refractivity contribution in [3.8, 4) is 0 Å². The van der Waals surface area contributed by atoms with Crippen molar-refractivity contribution in [3.63, 3.8) is 0 Å². The highest BCUT2D eigenvalue weighted by Gasteiger charge is 2.41. The predicted molar refractivity (Wildman–Crippen MR) is 192 cm³/mol. The second kappa shape index (κ2) is 18.4. The summed E-state index contributed by atoms with van der Waals surface area (Å²) < 4.78 is 0. The number of nitrogens with zero attached hydrogens (tertiary/aromatic N) is 3. The lowest BCUT2D eigenvalue weighted by molar-refractivity contribution is -0.125. The summed E-state index contributed by atoms with van der Waals surface area (Å²) in [6.07, 6.45) is 21.0. The molecule has 0 aromatic carbocycles. The third-order valence-corrected chi connectivity index (χ3v) is 10.6. The molecule has 2 saturated heterocycles. The molecular formula is C38H75N5O2. The third kappa shape index (κ3) is 14.6. The van der Waals surface area contributed by atoms with Gasteiger partial charge in [0.05, 0.1) is 0 Å². The molecule has 45 heavy (non-hydrogen) atoms. The molecule has 7 nitrogen and oxygen atoms in total. The Morgan fingerprint density at radius 1 is 0.533 bits per heavy atom. The van der Waals surface area contributed by atoms with Crippen LogP contribution < -0.4 is 10.6 Å². The first kappa shape index (κ1) is 40.0. The topological polar surface area (TPSA) is 67.9 Å². The van der Waals surface area contributed by atoms with Gasteiger partial charge < -0.3 is 25.3 Å². The molecule has 0 radical (unpaired) electrons. The zero-order chi connectivity index (χ0) is 33.7. The maximum atomic E-state index is 12.1. The lowest BCUT2D eigenvalue weighted by Crippen LogP contribution is -2.63. The number of nitrogens with one attached hydrogen (secondary N) is 2. The smallest absolute Gasteiger partial charge is 0.210 e. The number of carbonyl (C=O) groups is 2. The van der Waals surface area contributed by atoms with Gasteiger partial charge in [-0.25, -0.2) is 0 Å². The van der Waals surface area contributed by atoms with Crippen LogP contribution in [0.5, 0.6) is 0 Å². The average Bonchev–Trinajstić information content (AvgIpc) is 2.90. The quantitative estimate of drug-likeness (QED) is 0.244. The SMILES string of the molecule is CC1(C)CC(N(C=O)C2CCCCCCCCCCC2)CC(C)(C)N1.CCN(CC)CCN(C=O)C1CC(C)(C)NC(C)(C)C1.